The predicted octanol–water partition coefficient (Wildman–Crippen LogP) is 5.14. The molecule has 2 aromatic carbocycles. The van der Waals surface area contributed by atoms with Crippen LogP contribution in [0.3, 0.4) is 0 Å². The third-order valence-electron chi connectivity index (χ3n) is 5.54. The smallest absolute Gasteiger partial charge is 0.265 e. The maximum Gasteiger partial charge on any atom is 0.265 e. The Hall–Kier alpha value is -3.66. The zero-order chi connectivity index (χ0) is 26.6. The summed E-state index contributed by atoms with van der Waals surface area (Å²) in [5.74, 6) is -0.509. The quantitative estimate of drug-likeness (QED) is 0.240. The fraction of sp³-hybridized carbons (Fsp3) is 0.115. The van der Waals surface area contributed by atoms with Crippen molar-refractivity contribution in [3.05, 3.63) is 106 Å². The first-order chi connectivity index (χ1) is 17.7. The summed E-state index contributed by atoms with van der Waals surface area (Å²) in [6.07, 6.45) is 2.96. The summed E-state index contributed by atoms with van der Waals surface area (Å²) in [7, 11) is -4.04. The van der Waals surface area contributed by atoms with Gasteiger partial charge in [-0.1, -0.05) is 47.5 Å². The normalized spacial score (nSPS) is 11.6. The van der Waals surface area contributed by atoms with Gasteiger partial charge in [-0.2, -0.15) is 5.10 Å². The number of amides is 1. The maximum absolute atomic E-state index is 13.3. The summed E-state index contributed by atoms with van der Waals surface area (Å²) < 4.78 is 29.5. The summed E-state index contributed by atoms with van der Waals surface area (Å²) in [4.78, 5) is 16.9. The number of aromatic nitrogens is 2. The van der Waals surface area contributed by atoms with Gasteiger partial charge in [-0.15, -0.1) is 0 Å². The fourth-order valence-electron chi connectivity index (χ4n) is 3.80. The van der Waals surface area contributed by atoms with Crippen LogP contribution in [0.1, 0.15) is 17.0 Å². The summed E-state index contributed by atoms with van der Waals surface area (Å²) >= 11 is 12.4. The van der Waals surface area contributed by atoms with E-state index in [1.54, 1.807) is 42.5 Å². The van der Waals surface area contributed by atoms with Gasteiger partial charge >= 0.3 is 0 Å². The molecule has 11 heteroatoms. The predicted molar refractivity (Wildman–Crippen MR) is 146 cm³/mol. The van der Waals surface area contributed by atoms with Crippen LogP contribution in [0, 0.1) is 13.8 Å². The number of aryl methyl sites for hydroxylation is 1. The molecule has 0 saturated carbocycles. The van der Waals surface area contributed by atoms with E-state index in [0.29, 0.717) is 10.0 Å². The molecule has 2 heterocycles. The van der Waals surface area contributed by atoms with Gasteiger partial charge in [0.15, 0.2) is 0 Å². The zero-order valence-electron chi connectivity index (χ0n) is 20.0. The van der Waals surface area contributed by atoms with Gasteiger partial charge in [0.1, 0.15) is 12.4 Å². The minimum atomic E-state index is -4.04. The molecule has 0 aliphatic heterocycles. The van der Waals surface area contributed by atoms with E-state index in [-0.39, 0.29) is 10.7 Å². The van der Waals surface area contributed by atoms with Gasteiger partial charge in [0.25, 0.3) is 15.9 Å². The number of hydrogen-bond acceptors (Lipinski definition) is 5. The van der Waals surface area contributed by atoms with Crippen molar-refractivity contribution in [2.75, 3.05) is 10.8 Å². The van der Waals surface area contributed by atoms with Gasteiger partial charge in [-0.3, -0.25) is 4.79 Å². The first kappa shape index (κ1) is 26.4. The number of hydrogen-bond donors (Lipinski definition) is 1. The SMILES string of the molecule is Cc1cc(/C=N/NC(=O)CN(c2ccccn2)S(=O)(=O)c2ccccc2)c(C)n1-c1ccc(Cl)cc1Cl. The summed E-state index contributed by atoms with van der Waals surface area (Å²) in [6, 6.07) is 19.8. The minimum absolute atomic E-state index is 0.0465. The molecule has 2 aromatic heterocycles. The second-order valence-corrected chi connectivity index (χ2v) is 10.8. The molecule has 0 bridgehead atoms. The molecule has 0 aliphatic rings. The highest BCUT2D eigenvalue weighted by atomic mass is 35.5. The van der Waals surface area contributed by atoms with Crippen LogP contribution >= 0.6 is 23.2 Å². The number of nitrogens with zero attached hydrogens (tertiary/aromatic N) is 4. The minimum Gasteiger partial charge on any atom is -0.316 e. The number of pyridine rings is 1. The Morgan fingerprint density at radius 1 is 1.05 bits per heavy atom. The lowest BCUT2D eigenvalue weighted by molar-refractivity contribution is -0.119. The van der Waals surface area contributed by atoms with Crippen LogP contribution in [0.15, 0.2) is 89.0 Å². The molecular formula is C26H23Cl2N5O3S. The highest BCUT2D eigenvalue weighted by Gasteiger charge is 2.27. The van der Waals surface area contributed by atoms with Crippen molar-refractivity contribution < 1.29 is 13.2 Å². The lowest BCUT2D eigenvalue weighted by Crippen LogP contribution is -2.40. The molecule has 0 spiro atoms. The molecule has 1 N–H and O–H groups in total. The van der Waals surface area contributed by atoms with Crippen molar-refractivity contribution in [3.8, 4) is 5.69 Å². The molecule has 37 heavy (non-hydrogen) atoms. The summed E-state index contributed by atoms with van der Waals surface area (Å²) in [5.41, 5.74) is 5.69. The molecule has 0 atom stereocenters. The monoisotopic (exact) mass is 555 g/mol. The molecule has 8 nitrogen and oxygen atoms in total. The number of anilines is 1. The maximum atomic E-state index is 13.3. The van der Waals surface area contributed by atoms with Gasteiger partial charge < -0.3 is 4.57 Å². The Labute approximate surface area is 225 Å². The van der Waals surface area contributed by atoms with Crippen molar-refractivity contribution >= 4 is 51.2 Å². The second-order valence-electron chi connectivity index (χ2n) is 8.06. The van der Waals surface area contributed by atoms with Crippen LogP contribution in [0.4, 0.5) is 5.82 Å². The molecule has 4 aromatic rings. The number of carbonyl (C=O) groups is 1. The van der Waals surface area contributed by atoms with Crippen LogP contribution < -0.4 is 9.73 Å². The van der Waals surface area contributed by atoms with E-state index in [9.17, 15) is 13.2 Å². The lowest BCUT2D eigenvalue weighted by Gasteiger charge is -2.22. The fourth-order valence-corrected chi connectivity index (χ4v) is 5.69. The average Bonchev–Trinajstić information content (AvgIpc) is 3.16. The first-order valence-electron chi connectivity index (χ1n) is 11.1. The number of rotatable bonds is 8. The average molecular weight is 556 g/mol. The third-order valence-corrected chi connectivity index (χ3v) is 7.84. The molecule has 0 unspecified atom stereocenters. The Bertz CT molecular complexity index is 1560. The molecule has 1 amide bonds. The van der Waals surface area contributed by atoms with E-state index in [1.807, 2.05) is 30.5 Å². The zero-order valence-corrected chi connectivity index (χ0v) is 22.3. The van der Waals surface area contributed by atoms with Crippen molar-refractivity contribution in [1.29, 1.82) is 0 Å². The van der Waals surface area contributed by atoms with Crippen molar-refractivity contribution in [3.63, 3.8) is 0 Å². The number of hydrazone groups is 1. The Kier molecular flexibility index (Phi) is 7.97. The number of sulfonamides is 1. The van der Waals surface area contributed by atoms with Gasteiger partial charge in [0, 0.05) is 28.2 Å². The topological polar surface area (TPSA) is 96.7 Å². The first-order valence-corrected chi connectivity index (χ1v) is 13.3. The second kappa shape index (κ2) is 11.2. The van der Waals surface area contributed by atoms with Gasteiger partial charge in [0.2, 0.25) is 0 Å². The number of benzene rings is 2. The van der Waals surface area contributed by atoms with E-state index in [1.165, 1.54) is 30.6 Å². The van der Waals surface area contributed by atoms with E-state index in [2.05, 4.69) is 15.5 Å². The summed E-state index contributed by atoms with van der Waals surface area (Å²) in [5, 5.41) is 5.09. The Balaban J connectivity index is 1.54. The molecule has 0 fully saturated rings. The number of nitrogens with one attached hydrogen (secondary N) is 1. The van der Waals surface area contributed by atoms with Crippen LogP contribution in [0.25, 0.3) is 5.69 Å². The van der Waals surface area contributed by atoms with Crippen molar-refractivity contribution in [1.82, 2.24) is 15.0 Å². The molecule has 0 saturated heterocycles. The van der Waals surface area contributed by atoms with E-state index < -0.39 is 22.5 Å². The highest BCUT2D eigenvalue weighted by molar-refractivity contribution is 7.92. The van der Waals surface area contributed by atoms with Gasteiger partial charge in [-0.05, 0) is 62.4 Å². The van der Waals surface area contributed by atoms with Crippen molar-refractivity contribution in [2.24, 2.45) is 5.10 Å². The van der Waals surface area contributed by atoms with Crippen LogP contribution in [0.2, 0.25) is 10.0 Å². The summed E-state index contributed by atoms with van der Waals surface area (Å²) in [6.45, 7) is 3.31. The van der Waals surface area contributed by atoms with Crippen LogP contribution in [-0.2, 0) is 14.8 Å². The van der Waals surface area contributed by atoms with Crippen LogP contribution in [-0.4, -0.2) is 36.6 Å². The van der Waals surface area contributed by atoms with E-state index in [4.69, 9.17) is 23.2 Å². The third kappa shape index (κ3) is 5.85. The van der Waals surface area contributed by atoms with Crippen molar-refractivity contribution in [2.45, 2.75) is 18.7 Å². The van der Waals surface area contributed by atoms with Gasteiger partial charge in [-0.25, -0.2) is 23.1 Å². The van der Waals surface area contributed by atoms with Crippen LogP contribution in [0.5, 0.6) is 0 Å². The van der Waals surface area contributed by atoms with E-state index >= 15 is 0 Å². The van der Waals surface area contributed by atoms with Gasteiger partial charge in [0.05, 0.1) is 21.8 Å². The molecule has 190 valence electrons. The molecular weight excluding hydrogens is 533 g/mol. The molecule has 0 radical (unpaired) electrons. The standard InChI is InChI=1S/C26H23Cl2N5O3S/c1-18-14-20(19(2)33(18)24-12-11-21(27)15-23(24)28)16-30-31-26(34)17-32(25-10-6-7-13-29-25)37(35,36)22-8-4-3-5-9-22/h3-16H,17H2,1-2H3,(H,31,34)/b30-16+. The Morgan fingerprint density at radius 3 is 2.46 bits per heavy atom. The largest absolute Gasteiger partial charge is 0.316 e. The number of halogens is 2. The molecule has 0 aliphatic carbocycles. The Morgan fingerprint density at radius 2 is 1.78 bits per heavy atom. The molecule has 4 rings (SSSR count). The highest BCUT2D eigenvalue weighted by Crippen LogP contribution is 2.28. The number of carbonyl (C=O) groups excluding carboxylic acids is 1. The lowest BCUT2D eigenvalue weighted by atomic mass is 10.2. The van der Waals surface area contributed by atoms with E-state index in [0.717, 1.165) is 26.9 Å².